The molecule has 1 aromatic carbocycles. The van der Waals surface area contributed by atoms with Gasteiger partial charge in [0, 0.05) is 12.0 Å². The average molecular weight is 261 g/mol. The topological polar surface area (TPSA) is 46.2 Å². The smallest absolute Gasteiger partial charge is 0.0802 e. The van der Waals surface area contributed by atoms with Gasteiger partial charge in [0.25, 0.3) is 0 Å². The van der Waals surface area contributed by atoms with Crippen LogP contribution in [0, 0.1) is 11.8 Å². The average Bonchev–Trinajstić information content (AvgIpc) is 2.46. The van der Waals surface area contributed by atoms with E-state index in [-0.39, 0.29) is 0 Å². The second-order valence-corrected chi connectivity index (χ2v) is 4.12. The van der Waals surface area contributed by atoms with Crippen molar-refractivity contribution in [2.45, 2.75) is 52.6 Å². The molecule has 0 saturated carbocycles. The van der Waals surface area contributed by atoms with Crippen molar-refractivity contribution in [3.05, 3.63) is 35.4 Å². The molecule has 2 nitrogen and oxygen atoms in total. The molecule has 3 N–H and O–H groups in total. The first-order valence-corrected chi connectivity index (χ1v) is 7.25. The molecule has 2 heteroatoms. The number of hydrogen-bond donors (Lipinski definition) is 2. The van der Waals surface area contributed by atoms with E-state index in [1.165, 1.54) is 6.42 Å². The van der Waals surface area contributed by atoms with Crippen LogP contribution in [0.5, 0.6) is 0 Å². The van der Waals surface area contributed by atoms with Gasteiger partial charge in [-0.1, -0.05) is 51.2 Å². The molecular formula is C17H27NO. The lowest BCUT2D eigenvalue weighted by molar-refractivity contribution is 0.170. The van der Waals surface area contributed by atoms with Crippen LogP contribution in [0.25, 0.3) is 0 Å². The number of aliphatic hydroxyl groups is 1. The SMILES string of the molecule is CC.CCCCC#Cc1cccc(C(O)CCN)c1. The molecule has 1 unspecified atom stereocenters. The first kappa shape index (κ1) is 17.7. The minimum atomic E-state index is -0.475. The molecule has 0 bridgehead atoms. The van der Waals surface area contributed by atoms with Crippen LogP contribution in [-0.4, -0.2) is 11.7 Å². The van der Waals surface area contributed by atoms with E-state index in [9.17, 15) is 5.11 Å². The van der Waals surface area contributed by atoms with E-state index in [0.29, 0.717) is 13.0 Å². The normalized spacial score (nSPS) is 10.8. The lowest BCUT2D eigenvalue weighted by Crippen LogP contribution is -2.06. The van der Waals surface area contributed by atoms with Crippen LogP contribution in [0.4, 0.5) is 0 Å². The van der Waals surface area contributed by atoms with Gasteiger partial charge in [-0.2, -0.15) is 0 Å². The highest BCUT2D eigenvalue weighted by molar-refractivity contribution is 5.37. The van der Waals surface area contributed by atoms with Crippen LogP contribution in [0.1, 0.15) is 63.7 Å². The molecule has 0 aliphatic carbocycles. The quantitative estimate of drug-likeness (QED) is 0.628. The number of unbranched alkanes of at least 4 members (excludes halogenated alkanes) is 2. The Kier molecular flexibility index (Phi) is 11.0. The molecule has 0 aliphatic heterocycles. The van der Waals surface area contributed by atoms with Crippen LogP contribution in [0.15, 0.2) is 24.3 Å². The molecule has 0 aliphatic rings. The van der Waals surface area contributed by atoms with Crippen LogP contribution < -0.4 is 5.73 Å². The van der Waals surface area contributed by atoms with E-state index < -0.39 is 6.10 Å². The predicted molar refractivity (Wildman–Crippen MR) is 82.8 cm³/mol. The van der Waals surface area contributed by atoms with Crippen LogP contribution in [-0.2, 0) is 0 Å². The fourth-order valence-corrected chi connectivity index (χ4v) is 1.58. The molecule has 19 heavy (non-hydrogen) atoms. The summed E-state index contributed by atoms with van der Waals surface area (Å²) in [6.07, 6.45) is 3.36. The summed E-state index contributed by atoms with van der Waals surface area (Å²) in [5.41, 5.74) is 7.30. The van der Waals surface area contributed by atoms with Crippen molar-refractivity contribution in [1.29, 1.82) is 0 Å². The van der Waals surface area contributed by atoms with Gasteiger partial charge in [-0.3, -0.25) is 0 Å². The molecule has 0 radical (unpaired) electrons. The number of benzene rings is 1. The third-order valence-corrected chi connectivity index (χ3v) is 2.60. The Morgan fingerprint density at radius 1 is 1.32 bits per heavy atom. The molecule has 0 amide bonds. The van der Waals surface area contributed by atoms with Crippen LogP contribution >= 0.6 is 0 Å². The Hall–Kier alpha value is -1.30. The van der Waals surface area contributed by atoms with Crippen molar-refractivity contribution in [2.24, 2.45) is 5.73 Å². The van der Waals surface area contributed by atoms with E-state index in [0.717, 1.165) is 24.0 Å². The third-order valence-electron chi connectivity index (χ3n) is 2.60. The molecule has 1 atom stereocenters. The van der Waals surface area contributed by atoms with Gasteiger partial charge in [0.1, 0.15) is 0 Å². The standard InChI is InChI=1S/C15H21NO.C2H6/c1-2-3-4-5-7-13-8-6-9-14(12-13)15(17)10-11-16;1-2/h6,8-9,12,15,17H,2-4,10-11,16H2,1H3;1-2H3. The van der Waals surface area contributed by atoms with Gasteiger partial charge in [0.05, 0.1) is 6.10 Å². The Morgan fingerprint density at radius 2 is 2.05 bits per heavy atom. The van der Waals surface area contributed by atoms with Crippen molar-refractivity contribution in [2.75, 3.05) is 6.54 Å². The summed E-state index contributed by atoms with van der Waals surface area (Å²) < 4.78 is 0. The van der Waals surface area contributed by atoms with Crippen LogP contribution in [0.3, 0.4) is 0 Å². The van der Waals surface area contributed by atoms with Gasteiger partial charge in [0.2, 0.25) is 0 Å². The first-order valence-electron chi connectivity index (χ1n) is 7.25. The van der Waals surface area contributed by atoms with Gasteiger partial charge in [-0.25, -0.2) is 0 Å². The number of aliphatic hydroxyl groups excluding tert-OH is 1. The Balaban J connectivity index is 0.00000154. The predicted octanol–water partition coefficient (Wildman–Crippen LogP) is 3.64. The molecular weight excluding hydrogens is 234 g/mol. The zero-order valence-electron chi connectivity index (χ0n) is 12.4. The van der Waals surface area contributed by atoms with E-state index in [4.69, 9.17) is 5.73 Å². The molecule has 0 saturated heterocycles. The maximum atomic E-state index is 9.83. The van der Waals surface area contributed by atoms with Gasteiger partial charge in [0.15, 0.2) is 0 Å². The summed E-state index contributed by atoms with van der Waals surface area (Å²) in [5, 5.41) is 9.83. The third kappa shape index (κ3) is 7.66. The largest absolute Gasteiger partial charge is 0.388 e. The van der Waals surface area contributed by atoms with Gasteiger partial charge >= 0.3 is 0 Å². The first-order chi connectivity index (χ1) is 9.27. The molecule has 1 aromatic rings. The van der Waals surface area contributed by atoms with Gasteiger partial charge in [-0.15, -0.1) is 0 Å². The number of nitrogens with two attached hydrogens (primary N) is 1. The number of rotatable bonds is 5. The van der Waals surface area contributed by atoms with Gasteiger partial charge < -0.3 is 10.8 Å². The molecule has 0 aromatic heterocycles. The highest BCUT2D eigenvalue weighted by atomic mass is 16.3. The van der Waals surface area contributed by atoms with E-state index in [1.54, 1.807) is 0 Å². The monoisotopic (exact) mass is 261 g/mol. The van der Waals surface area contributed by atoms with Gasteiger partial charge in [-0.05, 0) is 37.1 Å². The zero-order valence-corrected chi connectivity index (χ0v) is 12.4. The van der Waals surface area contributed by atoms with Crippen molar-refractivity contribution >= 4 is 0 Å². The van der Waals surface area contributed by atoms with Crippen molar-refractivity contribution in [3.8, 4) is 11.8 Å². The summed E-state index contributed by atoms with van der Waals surface area (Å²) in [4.78, 5) is 0. The van der Waals surface area contributed by atoms with Crippen LogP contribution in [0.2, 0.25) is 0 Å². The van der Waals surface area contributed by atoms with E-state index in [1.807, 2.05) is 38.1 Å². The summed E-state index contributed by atoms with van der Waals surface area (Å²) >= 11 is 0. The maximum Gasteiger partial charge on any atom is 0.0802 e. The minimum Gasteiger partial charge on any atom is -0.388 e. The summed E-state index contributed by atoms with van der Waals surface area (Å²) in [6, 6.07) is 7.76. The molecule has 1 rings (SSSR count). The second kappa shape index (κ2) is 11.8. The van der Waals surface area contributed by atoms with Crippen molar-refractivity contribution in [3.63, 3.8) is 0 Å². The lowest BCUT2D eigenvalue weighted by Gasteiger charge is -2.09. The zero-order chi connectivity index (χ0) is 14.5. The van der Waals surface area contributed by atoms with E-state index >= 15 is 0 Å². The molecule has 0 fully saturated rings. The Labute approximate surface area is 118 Å². The molecule has 0 heterocycles. The fourth-order valence-electron chi connectivity index (χ4n) is 1.58. The Morgan fingerprint density at radius 3 is 2.68 bits per heavy atom. The number of hydrogen-bond acceptors (Lipinski definition) is 2. The summed E-state index contributed by atoms with van der Waals surface area (Å²) in [5.74, 6) is 6.27. The maximum absolute atomic E-state index is 9.83. The van der Waals surface area contributed by atoms with Crippen molar-refractivity contribution < 1.29 is 5.11 Å². The highest BCUT2D eigenvalue weighted by Gasteiger charge is 2.05. The fraction of sp³-hybridized carbons (Fsp3) is 0.529. The molecule has 0 spiro atoms. The van der Waals surface area contributed by atoms with E-state index in [2.05, 4.69) is 18.8 Å². The Bertz CT molecular complexity index is 390. The summed E-state index contributed by atoms with van der Waals surface area (Å²) in [7, 11) is 0. The lowest BCUT2D eigenvalue weighted by atomic mass is 10.0. The van der Waals surface area contributed by atoms with Crippen molar-refractivity contribution in [1.82, 2.24) is 0 Å². The minimum absolute atomic E-state index is 0.475. The summed E-state index contributed by atoms with van der Waals surface area (Å²) in [6.45, 7) is 6.65. The highest BCUT2D eigenvalue weighted by Crippen LogP contribution is 2.16. The second-order valence-electron chi connectivity index (χ2n) is 4.12. The molecule has 106 valence electrons.